The molecule has 0 aliphatic carbocycles. The first-order chi connectivity index (χ1) is 4.15. The summed E-state index contributed by atoms with van der Waals surface area (Å²) in [4.78, 5) is 0. The van der Waals surface area contributed by atoms with Gasteiger partial charge in [-0.1, -0.05) is 13.8 Å². The van der Waals surface area contributed by atoms with Gasteiger partial charge in [0.25, 0.3) is 0 Å². The third-order valence-electron chi connectivity index (χ3n) is 0.408. The number of halogens is 3. The molecule has 0 aromatic heterocycles. The summed E-state index contributed by atoms with van der Waals surface area (Å²) in [6.45, 7) is 4.35. The van der Waals surface area contributed by atoms with Gasteiger partial charge in [-0.05, 0) is 11.5 Å². The zero-order valence-electron chi connectivity index (χ0n) is 5.53. The van der Waals surface area contributed by atoms with E-state index in [1.54, 1.807) is 0 Å². The first-order valence-electron chi connectivity index (χ1n) is 2.65. The van der Waals surface area contributed by atoms with Gasteiger partial charge in [0.05, 0.1) is 0 Å². The molecule has 0 N–H and O–H groups in total. The van der Waals surface area contributed by atoms with Crippen molar-refractivity contribution in [3.63, 3.8) is 0 Å². The molecule has 0 aliphatic rings. The van der Waals surface area contributed by atoms with Crippen LogP contribution in [-0.2, 0) is 0 Å². The fourth-order valence-electron chi connectivity index (χ4n) is 0.204. The molecule has 0 heterocycles. The van der Waals surface area contributed by atoms with E-state index < -0.39 is 13.2 Å². The Kier molecular flexibility index (Phi) is 18.7. The van der Waals surface area contributed by atoms with Gasteiger partial charge >= 0.3 is 42.1 Å². The van der Waals surface area contributed by atoms with Crippen molar-refractivity contribution in [3.05, 3.63) is 0 Å². The minimum atomic E-state index is -2.06. The second kappa shape index (κ2) is 12.5. The van der Waals surface area contributed by atoms with Crippen LogP contribution in [0, 0.1) is 0 Å². The summed E-state index contributed by atoms with van der Waals surface area (Å²) < 4.78 is 0. The van der Waals surface area contributed by atoms with Gasteiger partial charge in [0.1, 0.15) is 0 Å². The quantitative estimate of drug-likeness (QED) is 0.690. The number of rotatable bonds is 2. The molecule has 0 saturated heterocycles. The van der Waals surface area contributed by atoms with E-state index in [0.717, 1.165) is 0 Å². The predicted octanol–water partition coefficient (Wildman–Crippen LogP) is 3.45. The van der Waals surface area contributed by atoms with Crippen molar-refractivity contribution in [1.82, 2.24) is 0 Å². The zero-order valence-corrected chi connectivity index (χ0v) is 11.0. The van der Waals surface area contributed by atoms with E-state index in [1.165, 1.54) is 11.5 Å². The van der Waals surface area contributed by atoms with Crippen molar-refractivity contribution in [2.24, 2.45) is 0 Å². The van der Waals surface area contributed by atoms with Crippen LogP contribution in [0.15, 0.2) is 0 Å². The molecule has 0 saturated carbocycles. The summed E-state index contributed by atoms with van der Waals surface area (Å²) in [5.41, 5.74) is 0. The molecule has 0 spiro atoms. The van der Waals surface area contributed by atoms with Crippen molar-refractivity contribution in [3.8, 4) is 0 Å². The number of hydrogen-bond donors (Lipinski definition) is 0. The molecule has 0 aliphatic heterocycles. The Morgan fingerprint density at radius 2 is 1.33 bits per heavy atom. The Morgan fingerprint density at radius 3 is 1.33 bits per heavy atom. The second-order valence-corrected chi connectivity index (χ2v) is 13.9. The number of thioether (sulfide) groups is 1. The fourth-order valence-corrected chi connectivity index (χ4v) is 0.612. The van der Waals surface area contributed by atoms with Gasteiger partial charge in [0.15, 0.2) is 0 Å². The molecule has 0 amide bonds. The third-order valence-corrected chi connectivity index (χ3v) is 1.22. The van der Waals surface area contributed by atoms with Crippen LogP contribution in [0.4, 0.5) is 0 Å². The van der Waals surface area contributed by atoms with Crippen LogP contribution in [0.2, 0.25) is 0 Å². The summed E-state index contributed by atoms with van der Waals surface area (Å²) >= 11 is -0.0995. The van der Waals surface area contributed by atoms with E-state index in [9.17, 15) is 0 Å². The standard InChI is InChI=1S/C4H10S.3ClH.Ga/c1-3-5-4-2;;;;/h3-4H2,1-2H3;3*1H;/q;;;;+3/p-3. The van der Waals surface area contributed by atoms with Gasteiger partial charge in [0.2, 0.25) is 0 Å². The molecular weight excluding hydrogens is 256 g/mol. The molecule has 0 atom stereocenters. The summed E-state index contributed by atoms with van der Waals surface area (Å²) in [6.07, 6.45) is 0. The van der Waals surface area contributed by atoms with E-state index in [2.05, 4.69) is 13.8 Å². The minimum absolute atomic E-state index is 1.26. The van der Waals surface area contributed by atoms with Crippen LogP contribution >= 0.6 is 40.7 Å². The van der Waals surface area contributed by atoms with Gasteiger partial charge in [-0.25, -0.2) is 0 Å². The average Bonchev–Trinajstić information content (AvgIpc) is 1.66. The van der Waals surface area contributed by atoms with Gasteiger partial charge in [-0.15, -0.1) is 0 Å². The molecule has 0 unspecified atom stereocenters. The van der Waals surface area contributed by atoms with E-state index >= 15 is 0 Å². The van der Waals surface area contributed by atoms with Gasteiger partial charge in [-0.3, -0.25) is 0 Å². The van der Waals surface area contributed by atoms with Crippen LogP contribution in [0.1, 0.15) is 13.8 Å². The van der Waals surface area contributed by atoms with E-state index in [0.29, 0.717) is 0 Å². The maximum atomic E-state index is 4.99. The van der Waals surface area contributed by atoms with Crippen molar-refractivity contribution in [1.29, 1.82) is 0 Å². The maximum absolute atomic E-state index is 4.99. The van der Waals surface area contributed by atoms with Crippen LogP contribution in [0.5, 0.6) is 0 Å². The molecule has 0 aromatic carbocycles. The molecular formula is C4H10Cl3GaS. The Bertz CT molecular complexity index is 40.0. The average molecular weight is 266 g/mol. The first kappa shape index (κ1) is 13.4. The Morgan fingerprint density at radius 1 is 1.11 bits per heavy atom. The summed E-state index contributed by atoms with van der Waals surface area (Å²) in [7, 11) is 15.0. The fraction of sp³-hybridized carbons (Fsp3) is 1.00. The Labute approximate surface area is 78.7 Å². The summed E-state index contributed by atoms with van der Waals surface area (Å²) in [5, 5.41) is 0. The van der Waals surface area contributed by atoms with E-state index in [1.807, 2.05) is 11.8 Å². The van der Waals surface area contributed by atoms with Crippen LogP contribution < -0.4 is 0 Å². The topological polar surface area (TPSA) is 0 Å². The van der Waals surface area contributed by atoms with Crippen LogP contribution in [0.25, 0.3) is 0 Å². The second-order valence-electron chi connectivity index (χ2n) is 1.03. The van der Waals surface area contributed by atoms with Gasteiger partial charge < -0.3 is 0 Å². The van der Waals surface area contributed by atoms with Crippen molar-refractivity contribution in [2.45, 2.75) is 13.8 Å². The Balaban J connectivity index is 0. The van der Waals surface area contributed by atoms with Crippen LogP contribution in [-0.4, -0.2) is 24.7 Å². The first-order valence-corrected chi connectivity index (χ1v) is 13.4. The summed E-state index contributed by atoms with van der Waals surface area (Å²) in [5.74, 6) is 2.52. The SMILES string of the molecule is CCSCC.[Cl][Ga]([Cl])[Cl]. The Hall–Kier alpha value is 1.86. The summed E-state index contributed by atoms with van der Waals surface area (Å²) in [6, 6.07) is 0. The predicted molar refractivity (Wildman–Crippen MR) is 52.0 cm³/mol. The van der Waals surface area contributed by atoms with Gasteiger partial charge in [-0.2, -0.15) is 11.8 Å². The molecule has 5 heteroatoms. The molecule has 0 nitrogen and oxygen atoms in total. The van der Waals surface area contributed by atoms with Crippen molar-refractivity contribution >= 4 is 53.9 Å². The number of hydrogen-bond acceptors (Lipinski definition) is 1. The molecule has 0 radical (unpaired) electrons. The van der Waals surface area contributed by atoms with E-state index in [4.69, 9.17) is 28.9 Å². The molecule has 0 rings (SSSR count). The van der Waals surface area contributed by atoms with Crippen molar-refractivity contribution in [2.75, 3.05) is 11.5 Å². The molecule has 0 aromatic rings. The monoisotopic (exact) mass is 264 g/mol. The molecule has 56 valence electrons. The van der Waals surface area contributed by atoms with Gasteiger partial charge in [0, 0.05) is 0 Å². The zero-order chi connectivity index (χ0) is 7.70. The molecule has 0 bridgehead atoms. The molecule has 0 fully saturated rings. The van der Waals surface area contributed by atoms with Crippen LogP contribution in [0.3, 0.4) is 0 Å². The third kappa shape index (κ3) is 40.9. The normalized spacial score (nSPS) is 7.67. The molecule has 9 heavy (non-hydrogen) atoms. The van der Waals surface area contributed by atoms with E-state index in [-0.39, 0.29) is 0 Å². The van der Waals surface area contributed by atoms with Crippen molar-refractivity contribution < 1.29 is 0 Å².